The lowest BCUT2D eigenvalue weighted by atomic mass is 10.1. The molecule has 0 N–H and O–H groups in total. The van der Waals surface area contributed by atoms with Crippen LogP contribution in [-0.4, -0.2) is 25.5 Å². The van der Waals surface area contributed by atoms with Gasteiger partial charge in [-0.15, -0.1) is 0 Å². The number of nitrogens with zero attached hydrogens (tertiary/aromatic N) is 1. The molecule has 1 amide bonds. The highest BCUT2D eigenvalue weighted by Crippen LogP contribution is 2.35. The monoisotopic (exact) mass is 373 g/mol. The first-order chi connectivity index (χ1) is 12.4. The highest BCUT2D eigenvalue weighted by Gasteiger charge is 2.37. The van der Waals surface area contributed by atoms with E-state index < -0.39 is 11.9 Å². The van der Waals surface area contributed by atoms with E-state index in [1.165, 1.54) is 12.0 Å². The Morgan fingerprint density at radius 2 is 1.88 bits per heavy atom. The average molecular weight is 374 g/mol. The van der Waals surface area contributed by atoms with Crippen molar-refractivity contribution >= 4 is 29.2 Å². The second-order valence-electron chi connectivity index (χ2n) is 6.36. The van der Waals surface area contributed by atoms with E-state index in [4.69, 9.17) is 21.1 Å². The van der Waals surface area contributed by atoms with Crippen LogP contribution in [0.25, 0.3) is 0 Å². The lowest BCUT2D eigenvalue weighted by molar-refractivity contribution is -0.139. The van der Waals surface area contributed by atoms with E-state index in [-0.39, 0.29) is 18.9 Å². The molecular formula is C20H20ClNO4. The Morgan fingerprint density at radius 1 is 1.19 bits per heavy atom. The van der Waals surface area contributed by atoms with Crippen molar-refractivity contribution in [1.82, 2.24) is 0 Å². The number of ether oxygens (including phenoxy) is 2. The van der Waals surface area contributed by atoms with Gasteiger partial charge in [0.25, 0.3) is 0 Å². The van der Waals surface area contributed by atoms with Crippen LogP contribution in [0.5, 0.6) is 11.5 Å². The highest BCUT2D eigenvalue weighted by atomic mass is 35.5. The van der Waals surface area contributed by atoms with E-state index in [0.29, 0.717) is 22.2 Å². The van der Waals surface area contributed by atoms with Gasteiger partial charge < -0.3 is 14.4 Å². The maximum Gasteiger partial charge on any atom is 0.316 e. The van der Waals surface area contributed by atoms with Crippen LogP contribution >= 0.6 is 11.6 Å². The maximum atomic E-state index is 12.6. The highest BCUT2D eigenvalue weighted by molar-refractivity contribution is 6.31. The van der Waals surface area contributed by atoms with E-state index in [1.807, 2.05) is 32.0 Å². The molecule has 1 saturated heterocycles. The molecule has 2 aromatic carbocycles. The Labute approximate surface area is 157 Å². The standard InChI is InChI=1S/C20H20ClNO4/c1-12-5-4-6-13(2)19(12)26-20(24)14-9-18(23)22(11-14)16-10-15(21)7-8-17(16)25-3/h4-8,10,14H,9,11H2,1-3H3/t14-/m0/s1. The Balaban J connectivity index is 1.80. The van der Waals surface area contributed by atoms with E-state index in [0.717, 1.165) is 11.1 Å². The molecule has 0 unspecified atom stereocenters. The number of amides is 1. The number of para-hydroxylation sites is 1. The largest absolute Gasteiger partial charge is 0.495 e. The van der Waals surface area contributed by atoms with Crippen molar-refractivity contribution in [2.24, 2.45) is 5.92 Å². The summed E-state index contributed by atoms with van der Waals surface area (Å²) in [5.41, 5.74) is 2.33. The van der Waals surface area contributed by atoms with Crippen LogP contribution in [0.1, 0.15) is 17.5 Å². The predicted molar refractivity (Wildman–Crippen MR) is 100 cm³/mol. The molecule has 1 heterocycles. The molecular weight excluding hydrogens is 354 g/mol. The van der Waals surface area contributed by atoms with Gasteiger partial charge in [-0.25, -0.2) is 0 Å². The smallest absolute Gasteiger partial charge is 0.316 e. The van der Waals surface area contributed by atoms with Gasteiger partial charge in [0.05, 0.1) is 18.7 Å². The zero-order valence-electron chi connectivity index (χ0n) is 14.9. The number of esters is 1. The first kappa shape index (κ1) is 18.3. The number of hydrogen-bond donors (Lipinski definition) is 0. The lowest BCUT2D eigenvalue weighted by Gasteiger charge is -2.20. The number of anilines is 1. The fourth-order valence-electron chi connectivity index (χ4n) is 3.12. The molecule has 1 aliphatic heterocycles. The fourth-order valence-corrected chi connectivity index (χ4v) is 3.28. The molecule has 3 rings (SSSR count). The van der Waals surface area contributed by atoms with Crippen molar-refractivity contribution in [2.75, 3.05) is 18.6 Å². The minimum atomic E-state index is -0.537. The summed E-state index contributed by atoms with van der Waals surface area (Å²) in [6.45, 7) is 4.01. The minimum absolute atomic E-state index is 0.0967. The summed E-state index contributed by atoms with van der Waals surface area (Å²) >= 11 is 6.06. The van der Waals surface area contributed by atoms with E-state index in [1.54, 1.807) is 18.2 Å². The number of rotatable bonds is 4. The molecule has 2 aromatic rings. The number of methoxy groups -OCH3 is 1. The number of benzene rings is 2. The number of aryl methyl sites for hydroxylation is 2. The summed E-state index contributed by atoms with van der Waals surface area (Å²) in [6.07, 6.45) is 0.0967. The molecule has 6 heteroatoms. The molecule has 0 radical (unpaired) electrons. The normalized spacial score (nSPS) is 16.7. The molecule has 0 aliphatic carbocycles. The van der Waals surface area contributed by atoms with Gasteiger partial charge in [-0.3, -0.25) is 9.59 Å². The summed E-state index contributed by atoms with van der Waals surface area (Å²) in [7, 11) is 1.53. The Hall–Kier alpha value is -2.53. The summed E-state index contributed by atoms with van der Waals surface area (Å²) in [5.74, 6) is -0.00582. The number of hydrogen-bond acceptors (Lipinski definition) is 4. The Kier molecular flexibility index (Phi) is 5.18. The third-order valence-corrected chi connectivity index (χ3v) is 4.74. The number of carbonyl (C=O) groups excluding carboxylic acids is 2. The van der Waals surface area contributed by atoms with Crippen LogP contribution in [-0.2, 0) is 9.59 Å². The summed E-state index contributed by atoms with van der Waals surface area (Å²) in [4.78, 5) is 26.6. The van der Waals surface area contributed by atoms with E-state index in [2.05, 4.69) is 0 Å². The fraction of sp³-hybridized carbons (Fsp3) is 0.300. The van der Waals surface area contributed by atoms with Crippen molar-refractivity contribution in [3.05, 3.63) is 52.5 Å². The van der Waals surface area contributed by atoms with Crippen LogP contribution in [0.3, 0.4) is 0 Å². The first-order valence-corrected chi connectivity index (χ1v) is 8.70. The number of carbonyl (C=O) groups is 2. The van der Waals surface area contributed by atoms with Gasteiger partial charge in [0.2, 0.25) is 5.91 Å². The van der Waals surface area contributed by atoms with Gasteiger partial charge in [0, 0.05) is 18.0 Å². The van der Waals surface area contributed by atoms with Gasteiger partial charge in [-0.2, -0.15) is 0 Å². The molecule has 1 atom stereocenters. The molecule has 5 nitrogen and oxygen atoms in total. The van der Waals surface area contributed by atoms with Crippen molar-refractivity contribution < 1.29 is 19.1 Å². The molecule has 26 heavy (non-hydrogen) atoms. The molecule has 1 aliphatic rings. The van der Waals surface area contributed by atoms with Crippen molar-refractivity contribution in [1.29, 1.82) is 0 Å². The van der Waals surface area contributed by atoms with Crippen LogP contribution in [0, 0.1) is 19.8 Å². The average Bonchev–Trinajstić information content (AvgIpc) is 3.00. The lowest BCUT2D eigenvalue weighted by Crippen LogP contribution is -2.27. The van der Waals surface area contributed by atoms with Crippen LogP contribution in [0.15, 0.2) is 36.4 Å². The zero-order valence-corrected chi connectivity index (χ0v) is 15.7. The minimum Gasteiger partial charge on any atom is -0.495 e. The van der Waals surface area contributed by atoms with Crippen LogP contribution < -0.4 is 14.4 Å². The van der Waals surface area contributed by atoms with Crippen molar-refractivity contribution in [2.45, 2.75) is 20.3 Å². The van der Waals surface area contributed by atoms with E-state index >= 15 is 0 Å². The Morgan fingerprint density at radius 3 is 2.54 bits per heavy atom. The second-order valence-corrected chi connectivity index (χ2v) is 6.80. The molecule has 1 fully saturated rings. The van der Waals surface area contributed by atoms with E-state index in [9.17, 15) is 9.59 Å². The summed E-state index contributed by atoms with van der Waals surface area (Å²) in [6, 6.07) is 10.7. The van der Waals surface area contributed by atoms with Crippen LogP contribution in [0.4, 0.5) is 5.69 Å². The quantitative estimate of drug-likeness (QED) is 0.602. The molecule has 0 saturated carbocycles. The first-order valence-electron chi connectivity index (χ1n) is 8.32. The van der Waals surface area contributed by atoms with Gasteiger partial charge in [0.15, 0.2) is 0 Å². The molecule has 0 bridgehead atoms. The summed E-state index contributed by atoms with van der Waals surface area (Å²) < 4.78 is 10.9. The predicted octanol–water partition coefficient (Wildman–Crippen LogP) is 3.92. The SMILES string of the molecule is COc1ccc(Cl)cc1N1C[C@@H](C(=O)Oc2c(C)cccc2C)CC1=O. The number of halogens is 1. The maximum absolute atomic E-state index is 12.6. The molecule has 0 aromatic heterocycles. The summed E-state index contributed by atoms with van der Waals surface area (Å²) in [5, 5.41) is 0.496. The van der Waals surface area contributed by atoms with Gasteiger partial charge in [0.1, 0.15) is 11.5 Å². The van der Waals surface area contributed by atoms with Gasteiger partial charge in [-0.05, 0) is 43.2 Å². The second kappa shape index (κ2) is 7.38. The zero-order chi connectivity index (χ0) is 18.8. The van der Waals surface area contributed by atoms with Crippen molar-refractivity contribution in [3.8, 4) is 11.5 Å². The molecule has 0 spiro atoms. The van der Waals surface area contributed by atoms with Gasteiger partial charge in [-0.1, -0.05) is 29.8 Å². The van der Waals surface area contributed by atoms with Crippen LogP contribution in [0.2, 0.25) is 5.02 Å². The third-order valence-electron chi connectivity index (χ3n) is 4.50. The molecule has 136 valence electrons. The van der Waals surface area contributed by atoms with Gasteiger partial charge >= 0.3 is 5.97 Å². The third kappa shape index (κ3) is 3.53. The Bertz CT molecular complexity index is 845. The topological polar surface area (TPSA) is 55.8 Å². The van der Waals surface area contributed by atoms with Crippen molar-refractivity contribution in [3.63, 3.8) is 0 Å².